The number of anilines is 1. The highest BCUT2D eigenvalue weighted by Crippen LogP contribution is 2.19. The summed E-state index contributed by atoms with van der Waals surface area (Å²) in [4.78, 5) is 13.5. The molecule has 0 saturated carbocycles. The van der Waals surface area contributed by atoms with Crippen molar-refractivity contribution in [1.82, 2.24) is 20.2 Å². The molecule has 0 aliphatic heterocycles. The van der Waals surface area contributed by atoms with E-state index in [-0.39, 0.29) is 12.5 Å². The van der Waals surface area contributed by atoms with Gasteiger partial charge in [-0.05, 0) is 73.0 Å². The van der Waals surface area contributed by atoms with E-state index in [1.54, 1.807) is 0 Å². The van der Waals surface area contributed by atoms with Crippen LogP contribution in [0.2, 0.25) is 0 Å². The molecule has 0 unspecified atom stereocenters. The van der Waals surface area contributed by atoms with Crippen LogP contribution in [0.4, 0.5) is 5.69 Å². The van der Waals surface area contributed by atoms with E-state index in [9.17, 15) is 4.79 Å². The van der Waals surface area contributed by atoms with Gasteiger partial charge in [0, 0.05) is 11.3 Å². The summed E-state index contributed by atoms with van der Waals surface area (Å²) in [5.41, 5.74) is 3.89. The van der Waals surface area contributed by atoms with E-state index in [0.717, 1.165) is 35.4 Å². The minimum Gasteiger partial charge on any atom is -0.494 e. The SMILES string of the molecule is CCCCOc1ccc(-c2nnn(CC(=O)Nc3ccc(C)c(C)c3)n2)cc1. The average Bonchev–Trinajstić information content (AvgIpc) is 3.14. The molecule has 0 aliphatic carbocycles. The van der Waals surface area contributed by atoms with E-state index in [2.05, 4.69) is 27.7 Å². The summed E-state index contributed by atoms with van der Waals surface area (Å²) in [6, 6.07) is 13.3. The predicted octanol–water partition coefficient (Wildman–Crippen LogP) is 3.77. The molecule has 0 atom stereocenters. The first-order chi connectivity index (χ1) is 13.5. The second-order valence-electron chi connectivity index (χ2n) is 6.72. The molecule has 1 N–H and O–H groups in total. The summed E-state index contributed by atoms with van der Waals surface area (Å²) in [5, 5.41) is 15.2. The van der Waals surface area contributed by atoms with Crippen LogP contribution in [0.1, 0.15) is 30.9 Å². The number of aromatic nitrogens is 4. The maximum Gasteiger partial charge on any atom is 0.248 e. The lowest BCUT2D eigenvalue weighted by Gasteiger charge is -2.07. The molecular weight excluding hydrogens is 354 g/mol. The Balaban J connectivity index is 1.58. The van der Waals surface area contributed by atoms with Crippen LogP contribution in [-0.2, 0) is 11.3 Å². The highest BCUT2D eigenvalue weighted by molar-refractivity contribution is 5.90. The highest BCUT2D eigenvalue weighted by Gasteiger charge is 2.10. The molecule has 146 valence electrons. The second kappa shape index (κ2) is 9.12. The van der Waals surface area contributed by atoms with Crippen LogP contribution in [0.5, 0.6) is 5.75 Å². The van der Waals surface area contributed by atoms with Gasteiger partial charge in [0.25, 0.3) is 0 Å². The van der Waals surface area contributed by atoms with Crippen LogP contribution in [0.15, 0.2) is 42.5 Å². The summed E-state index contributed by atoms with van der Waals surface area (Å²) >= 11 is 0. The summed E-state index contributed by atoms with van der Waals surface area (Å²) in [6.45, 7) is 6.88. The van der Waals surface area contributed by atoms with Crippen LogP contribution in [0.3, 0.4) is 0 Å². The first-order valence-corrected chi connectivity index (χ1v) is 9.43. The van der Waals surface area contributed by atoms with Crippen molar-refractivity contribution in [2.45, 2.75) is 40.2 Å². The van der Waals surface area contributed by atoms with Crippen molar-refractivity contribution in [2.24, 2.45) is 0 Å². The lowest BCUT2D eigenvalue weighted by molar-refractivity contribution is -0.117. The van der Waals surface area contributed by atoms with Gasteiger partial charge in [0.05, 0.1) is 6.61 Å². The van der Waals surface area contributed by atoms with E-state index in [0.29, 0.717) is 12.4 Å². The fraction of sp³-hybridized carbons (Fsp3) is 0.333. The summed E-state index contributed by atoms with van der Waals surface area (Å²) in [7, 11) is 0. The van der Waals surface area contributed by atoms with E-state index in [1.165, 1.54) is 10.4 Å². The molecule has 7 nitrogen and oxygen atoms in total. The molecule has 2 aromatic carbocycles. The predicted molar refractivity (Wildman–Crippen MR) is 108 cm³/mol. The topological polar surface area (TPSA) is 81.9 Å². The number of benzene rings is 2. The van der Waals surface area contributed by atoms with Crippen molar-refractivity contribution in [1.29, 1.82) is 0 Å². The molecule has 7 heteroatoms. The van der Waals surface area contributed by atoms with Gasteiger partial charge in [-0.15, -0.1) is 10.2 Å². The standard InChI is InChI=1S/C21H25N5O2/c1-4-5-12-28-19-10-7-17(8-11-19)21-23-25-26(24-21)14-20(27)22-18-9-6-15(2)16(3)13-18/h6-11,13H,4-5,12,14H2,1-3H3,(H,22,27). The summed E-state index contributed by atoms with van der Waals surface area (Å²) in [5.74, 6) is 1.09. The lowest BCUT2D eigenvalue weighted by atomic mass is 10.1. The number of unbranched alkanes of at least 4 members (excludes halogenated alkanes) is 1. The minimum absolute atomic E-state index is 0.00185. The zero-order chi connectivity index (χ0) is 19.9. The second-order valence-corrected chi connectivity index (χ2v) is 6.72. The number of nitrogens with one attached hydrogen (secondary N) is 1. The molecule has 1 amide bonds. The molecule has 0 radical (unpaired) electrons. The number of hydrogen-bond donors (Lipinski definition) is 1. The van der Waals surface area contributed by atoms with Crippen molar-refractivity contribution in [3.63, 3.8) is 0 Å². The third-order valence-corrected chi connectivity index (χ3v) is 4.41. The van der Waals surface area contributed by atoms with Gasteiger partial charge in [0.2, 0.25) is 11.7 Å². The zero-order valence-electron chi connectivity index (χ0n) is 16.5. The third kappa shape index (κ3) is 5.16. The number of tetrazole rings is 1. The van der Waals surface area contributed by atoms with Crippen molar-refractivity contribution in [3.8, 4) is 17.1 Å². The van der Waals surface area contributed by atoms with Gasteiger partial charge in [-0.1, -0.05) is 19.4 Å². The first kappa shape index (κ1) is 19.5. The number of carbonyl (C=O) groups excluding carboxylic acids is 1. The molecule has 0 spiro atoms. The minimum atomic E-state index is -0.202. The Morgan fingerprint density at radius 2 is 1.89 bits per heavy atom. The Labute approximate surface area is 164 Å². The molecule has 0 aliphatic rings. The smallest absolute Gasteiger partial charge is 0.248 e. The molecule has 28 heavy (non-hydrogen) atoms. The van der Waals surface area contributed by atoms with Gasteiger partial charge in [-0.25, -0.2) is 0 Å². The van der Waals surface area contributed by atoms with Gasteiger partial charge < -0.3 is 10.1 Å². The Morgan fingerprint density at radius 1 is 1.11 bits per heavy atom. The van der Waals surface area contributed by atoms with Crippen LogP contribution in [0.25, 0.3) is 11.4 Å². The molecule has 0 fully saturated rings. The van der Waals surface area contributed by atoms with Gasteiger partial charge in [-0.3, -0.25) is 4.79 Å². The highest BCUT2D eigenvalue weighted by atomic mass is 16.5. The third-order valence-electron chi connectivity index (χ3n) is 4.41. The Kier molecular flexibility index (Phi) is 6.37. The van der Waals surface area contributed by atoms with Gasteiger partial charge >= 0.3 is 0 Å². The van der Waals surface area contributed by atoms with Crippen molar-refractivity contribution in [2.75, 3.05) is 11.9 Å². The van der Waals surface area contributed by atoms with Crippen LogP contribution in [-0.4, -0.2) is 32.7 Å². The lowest BCUT2D eigenvalue weighted by Crippen LogP contribution is -2.20. The van der Waals surface area contributed by atoms with Crippen LogP contribution in [0, 0.1) is 13.8 Å². The fourth-order valence-corrected chi connectivity index (χ4v) is 2.61. The number of amides is 1. The van der Waals surface area contributed by atoms with E-state index in [4.69, 9.17) is 4.74 Å². The first-order valence-electron chi connectivity index (χ1n) is 9.43. The fourth-order valence-electron chi connectivity index (χ4n) is 2.61. The number of rotatable bonds is 8. The maximum atomic E-state index is 12.2. The summed E-state index contributed by atoms with van der Waals surface area (Å²) < 4.78 is 5.65. The van der Waals surface area contributed by atoms with E-state index in [1.807, 2.05) is 56.3 Å². The molecule has 0 bridgehead atoms. The van der Waals surface area contributed by atoms with E-state index >= 15 is 0 Å². The van der Waals surface area contributed by atoms with Crippen molar-refractivity contribution < 1.29 is 9.53 Å². The molecule has 1 heterocycles. The monoisotopic (exact) mass is 379 g/mol. The van der Waals surface area contributed by atoms with Crippen LogP contribution >= 0.6 is 0 Å². The van der Waals surface area contributed by atoms with Gasteiger partial charge in [-0.2, -0.15) is 4.80 Å². The zero-order valence-corrected chi connectivity index (χ0v) is 16.5. The van der Waals surface area contributed by atoms with E-state index < -0.39 is 0 Å². The van der Waals surface area contributed by atoms with Crippen molar-refractivity contribution >= 4 is 11.6 Å². The Morgan fingerprint density at radius 3 is 2.61 bits per heavy atom. The largest absolute Gasteiger partial charge is 0.494 e. The normalized spacial score (nSPS) is 10.7. The number of hydrogen-bond acceptors (Lipinski definition) is 5. The molecule has 0 saturated heterocycles. The Bertz CT molecular complexity index is 934. The van der Waals surface area contributed by atoms with Crippen molar-refractivity contribution in [3.05, 3.63) is 53.6 Å². The number of ether oxygens (including phenoxy) is 1. The van der Waals surface area contributed by atoms with Gasteiger partial charge in [0.1, 0.15) is 12.3 Å². The quantitative estimate of drug-likeness (QED) is 0.603. The number of aryl methyl sites for hydroxylation is 2. The number of carbonyl (C=O) groups is 1. The molecule has 3 aromatic rings. The molecule has 1 aromatic heterocycles. The van der Waals surface area contributed by atoms with Crippen LogP contribution < -0.4 is 10.1 Å². The molecular formula is C21H25N5O2. The molecule has 3 rings (SSSR count). The Hall–Kier alpha value is -3.22. The summed E-state index contributed by atoms with van der Waals surface area (Å²) in [6.07, 6.45) is 2.13. The average molecular weight is 379 g/mol. The maximum absolute atomic E-state index is 12.2. The number of nitrogens with zero attached hydrogens (tertiary/aromatic N) is 4. The van der Waals surface area contributed by atoms with Gasteiger partial charge in [0.15, 0.2) is 0 Å².